The number of hydrogen-bond acceptors (Lipinski definition) is 7. The van der Waals surface area contributed by atoms with Crippen molar-refractivity contribution in [3.05, 3.63) is 194 Å². The zero-order valence-corrected chi connectivity index (χ0v) is 64.1. The second kappa shape index (κ2) is 76.0. The first-order valence-corrected chi connectivity index (χ1v) is 40.7. The Bertz CT molecular complexity index is 2360. The van der Waals surface area contributed by atoms with Crippen molar-refractivity contribution < 1.29 is 42.1 Å². The van der Waals surface area contributed by atoms with Crippen LogP contribution in [0.3, 0.4) is 0 Å². The number of carbonyl (C=O) groups is 2. The topological polar surface area (TPSA) is 108 Å². The lowest BCUT2D eigenvalue weighted by molar-refractivity contribution is -0.870. The van der Waals surface area contributed by atoms with Gasteiger partial charge in [-0.25, -0.2) is 4.57 Å². The van der Waals surface area contributed by atoms with Crippen LogP contribution in [0.4, 0.5) is 0 Å². The average molecular weight is 1380 g/mol. The van der Waals surface area contributed by atoms with E-state index in [0.29, 0.717) is 17.4 Å². The predicted octanol–water partition coefficient (Wildman–Crippen LogP) is 26.4. The molecule has 0 radical (unpaired) electrons. The summed E-state index contributed by atoms with van der Waals surface area (Å²) in [4.78, 5) is 36.0. The fraction of sp³-hybridized carbons (Fsp3) is 0.614. The van der Waals surface area contributed by atoms with Gasteiger partial charge in [0, 0.05) is 12.8 Å². The molecule has 0 aromatic heterocycles. The van der Waals surface area contributed by atoms with E-state index in [1.807, 2.05) is 21.1 Å². The molecule has 0 aromatic carbocycles. The predicted molar refractivity (Wildman–Crippen MR) is 426 cm³/mol. The summed E-state index contributed by atoms with van der Waals surface area (Å²) in [5, 5.41) is 0. The number of nitrogens with zero attached hydrogens (tertiary/aromatic N) is 1. The van der Waals surface area contributed by atoms with Crippen LogP contribution in [-0.4, -0.2) is 74.9 Å². The third-order valence-electron chi connectivity index (χ3n) is 16.1. The molecule has 10 heteroatoms. The van der Waals surface area contributed by atoms with Crippen LogP contribution in [0.5, 0.6) is 0 Å². The lowest BCUT2D eigenvalue weighted by Crippen LogP contribution is -2.37. The Morgan fingerprint density at radius 2 is 0.551 bits per heavy atom. The van der Waals surface area contributed by atoms with Gasteiger partial charge in [-0.15, -0.1) is 0 Å². The molecule has 0 aromatic rings. The smallest absolute Gasteiger partial charge is 0.462 e. The van der Waals surface area contributed by atoms with Gasteiger partial charge in [0.2, 0.25) is 0 Å². The Morgan fingerprint density at radius 1 is 0.316 bits per heavy atom. The van der Waals surface area contributed by atoms with Crippen LogP contribution in [0.2, 0.25) is 0 Å². The molecule has 0 aliphatic rings. The molecule has 9 nitrogen and oxygen atoms in total. The van der Waals surface area contributed by atoms with E-state index < -0.39 is 26.5 Å². The van der Waals surface area contributed by atoms with Crippen LogP contribution in [0.15, 0.2) is 194 Å². The van der Waals surface area contributed by atoms with Gasteiger partial charge in [0.1, 0.15) is 19.8 Å². The Kier molecular flexibility index (Phi) is 72.0. The largest absolute Gasteiger partial charge is 0.472 e. The Labute approximate surface area is 603 Å². The van der Waals surface area contributed by atoms with Gasteiger partial charge in [0.15, 0.2) is 6.10 Å². The molecule has 1 N–H and O–H groups in total. The molecular formula is C88H145NO8P+. The van der Waals surface area contributed by atoms with E-state index in [-0.39, 0.29) is 32.0 Å². The highest BCUT2D eigenvalue weighted by atomic mass is 31.2. The number of esters is 2. The van der Waals surface area contributed by atoms with E-state index in [0.717, 1.165) is 148 Å². The summed E-state index contributed by atoms with van der Waals surface area (Å²) in [6, 6.07) is 0. The molecule has 0 heterocycles. The molecule has 554 valence electrons. The summed E-state index contributed by atoms with van der Waals surface area (Å²) in [5.41, 5.74) is 0. The Morgan fingerprint density at radius 3 is 0.816 bits per heavy atom. The van der Waals surface area contributed by atoms with Crippen molar-refractivity contribution in [3.8, 4) is 0 Å². The molecule has 0 aliphatic carbocycles. The van der Waals surface area contributed by atoms with Crippen LogP contribution >= 0.6 is 7.82 Å². The normalized spacial score (nSPS) is 14.1. The molecule has 98 heavy (non-hydrogen) atoms. The number of hydrogen-bond donors (Lipinski definition) is 1. The number of ether oxygens (including phenoxy) is 2. The first-order chi connectivity index (χ1) is 48.0. The first kappa shape index (κ1) is 92.8. The van der Waals surface area contributed by atoms with Gasteiger partial charge in [0.05, 0.1) is 27.7 Å². The van der Waals surface area contributed by atoms with Gasteiger partial charge in [-0.2, -0.15) is 0 Å². The van der Waals surface area contributed by atoms with E-state index in [1.54, 1.807) is 0 Å². The maximum absolute atomic E-state index is 12.9. The highest BCUT2D eigenvalue weighted by Gasteiger charge is 2.27. The fourth-order valence-corrected chi connectivity index (χ4v) is 11.0. The van der Waals surface area contributed by atoms with Crippen molar-refractivity contribution in [3.63, 3.8) is 0 Å². The van der Waals surface area contributed by atoms with Crippen molar-refractivity contribution in [1.82, 2.24) is 0 Å². The minimum atomic E-state index is -4.41. The number of rotatable bonds is 70. The number of quaternary nitrogens is 1. The van der Waals surface area contributed by atoms with Crippen molar-refractivity contribution in [2.45, 2.75) is 302 Å². The first-order valence-electron chi connectivity index (χ1n) is 39.2. The maximum Gasteiger partial charge on any atom is 0.472 e. The molecule has 0 fully saturated rings. The molecule has 0 amide bonds. The molecule has 0 rings (SSSR count). The highest BCUT2D eigenvalue weighted by molar-refractivity contribution is 7.47. The summed E-state index contributed by atoms with van der Waals surface area (Å²) >= 11 is 0. The highest BCUT2D eigenvalue weighted by Crippen LogP contribution is 2.43. The average Bonchev–Trinajstić information content (AvgIpc) is 1.23. The molecule has 0 saturated heterocycles. The summed E-state index contributed by atoms with van der Waals surface area (Å²) in [7, 11) is 1.46. The number of allylic oxidation sites excluding steroid dienone is 32. The maximum atomic E-state index is 12.9. The van der Waals surface area contributed by atoms with Crippen molar-refractivity contribution >= 4 is 19.8 Å². The molecule has 0 saturated carbocycles. The van der Waals surface area contributed by atoms with Crippen molar-refractivity contribution in [2.24, 2.45) is 0 Å². The number of likely N-dealkylation sites (N-methyl/N-ethyl adjacent to an activating group) is 1. The fourth-order valence-electron chi connectivity index (χ4n) is 10.2. The number of phosphoric acid groups is 1. The number of carbonyl (C=O) groups excluding carboxylic acids is 2. The molecule has 2 atom stereocenters. The van der Waals surface area contributed by atoms with Gasteiger partial charge >= 0.3 is 19.8 Å². The van der Waals surface area contributed by atoms with Gasteiger partial charge in [-0.05, 0) is 141 Å². The molecule has 0 aliphatic heterocycles. The van der Waals surface area contributed by atoms with E-state index in [2.05, 4.69) is 208 Å². The number of phosphoric ester groups is 1. The second-order valence-corrected chi connectivity index (χ2v) is 28.1. The lowest BCUT2D eigenvalue weighted by atomic mass is 10.0. The zero-order chi connectivity index (χ0) is 71.1. The third kappa shape index (κ3) is 79.8. The van der Waals surface area contributed by atoms with Crippen LogP contribution in [-0.2, 0) is 32.7 Å². The van der Waals surface area contributed by atoms with Crippen LogP contribution in [0.1, 0.15) is 296 Å². The zero-order valence-electron chi connectivity index (χ0n) is 63.2. The second-order valence-electron chi connectivity index (χ2n) is 26.6. The standard InChI is InChI=1S/C88H144NO8P/c1-6-8-10-12-14-16-18-20-22-24-26-28-30-32-34-36-38-40-42-43-44-45-47-49-51-53-55-57-59-61-63-65-67-69-71-73-75-77-79-81-88(91)97-86(85-96-98(92,93)95-83-82-89(3,4)5)84-94-87(90)80-78-76-74-72-70-68-66-64-62-60-58-56-54-52-50-48-46-41-39-37-35-33-31-29-27-25-23-21-19-17-15-13-11-9-7-2/h8-11,14-17,20-23,26-29,32-35,38-41,43-44,47-50,53,55,86H,6-7,12-13,18-19,24-25,30-31,36-37,42,45-46,51-52,54,56-85H2,1-5H3/p+1/b10-8-,11-9-,16-14-,17-15-,22-20-,23-21-,28-26-,29-27-,34-32-,35-33-,40-38-,41-39-,44-43-,49-47-,50-48-,55-53-. The lowest BCUT2D eigenvalue weighted by Gasteiger charge is -2.24. The minimum Gasteiger partial charge on any atom is -0.462 e. The van der Waals surface area contributed by atoms with Crippen molar-refractivity contribution in [1.29, 1.82) is 0 Å². The van der Waals surface area contributed by atoms with E-state index >= 15 is 0 Å². The van der Waals surface area contributed by atoms with E-state index in [1.165, 1.54) is 116 Å². The summed E-state index contributed by atoms with van der Waals surface area (Å²) in [6.45, 7) is 4.20. The third-order valence-corrected chi connectivity index (χ3v) is 17.1. The van der Waals surface area contributed by atoms with Crippen LogP contribution in [0, 0.1) is 0 Å². The van der Waals surface area contributed by atoms with E-state index in [4.69, 9.17) is 18.5 Å². The summed E-state index contributed by atoms with van der Waals surface area (Å²) in [6.07, 6.45) is 118. The SMILES string of the molecule is CC/C=C\C/C=C\C/C=C\C/C=C\C/C=C\C/C=C\C/C=C\C/C=C\C/C=C\CCCCCCCCCCCCCC(=O)OC(COC(=O)CCCCCCCCCCCCCCC/C=C\C/C=C\C/C=C\C/C=C\C/C=C\C/C=C\C/C=C\CC)COP(=O)(O)OCC[N+](C)(C)C. The van der Waals surface area contributed by atoms with Gasteiger partial charge < -0.3 is 18.9 Å². The monoisotopic (exact) mass is 1380 g/mol. The van der Waals surface area contributed by atoms with Gasteiger partial charge in [0.25, 0.3) is 0 Å². The Balaban J connectivity index is 4.07. The molecule has 0 spiro atoms. The summed E-state index contributed by atoms with van der Waals surface area (Å²) in [5.74, 6) is -0.808. The number of unbranched alkanes of at least 4 members (excludes halogenated alkanes) is 24. The molecule has 2 unspecified atom stereocenters. The van der Waals surface area contributed by atoms with Gasteiger partial charge in [-0.1, -0.05) is 337 Å². The van der Waals surface area contributed by atoms with Crippen molar-refractivity contribution in [2.75, 3.05) is 47.5 Å². The van der Waals surface area contributed by atoms with Crippen LogP contribution < -0.4 is 0 Å². The van der Waals surface area contributed by atoms with E-state index in [9.17, 15) is 19.0 Å². The summed E-state index contributed by atoms with van der Waals surface area (Å²) < 4.78 is 34.8. The van der Waals surface area contributed by atoms with Crippen LogP contribution in [0.25, 0.3) is 0 Å². The quantitative estimate of drug-likeness (QED) is 0.0211. The Hall–Kier alpha value is -5.15. The van der Waals surface area contributed by atoms with Gasteiger partial charge in [-0.3, -0.25) is 18.6 Å². The molecule has 0 bridgehead atoms. The molecular weight excluding hydrogens is 1230 g/mol. The minimum absolute atomic E-state index is 0.0226.